The Kier molecular flexibility index (Phi) is 5.89. The summed E-state index contributed by atoms with van der Waals surface area (Å²) in [4.78, 5) is 24.2. The van der Waals surface area contributed by atoms with Crippen LogP contribution in [-0.2, 0) is 14.8 Å². The van der Waals surface area contributed by atoms with Gasteiger partial charge in [-0.1, -0.05) is 12.1 Å². The molecule has 0 aromatic heterocycles. The minimum atomic E-state index is -3.58. The van der Waals surface area contributed by atoms with Crippen molar-refractivity contribution in [3.63, 3.8) is 0 Å². The molecule has 0 aliphatic heterocycles. The number of hydrogen-bond donors (Lipinski definition) is 1. The van der Waals surface area contributed by atoms with Crippen molar-refractivity contribution in [3.05, 3.63) is 59.7 Å². The first-order valence-electron chi connectivity index (χ1n) is 7.26. The number of Topliss-reactive ketones (excluding diaryl/α,β-unsaturated/α-hetero) is 1. The molecule has 0 atom stereocenters. The highest BCUT2D eigenvalue weighted by atomic mass is 32.2. The monoisotopic (exact) mass is 363 g/mol. The van der Waals surface area contributed by atoms with E-state index in [4.69, 9.17) is 9.47 Å². The van der Waals surface area contributed by atoms with Crippen LogP contribution in [-0.4, -0.2) is 40.9 Å². The van der Waals surface area contributed by atoms with Crippen molar-refractivity contribution < 1.29 is 27.5 Å². The molecule has 0 bridgehead atoms. The molecule has 25 heavy (non-hydrogen) atoms. The molecule has 0 aliphatic carbocycles. The van der Waals surface area contributed by atoms with Crippen LogP contribution in [0.15, 0.2) is 53.4 Å². The first-order valence-corrected chi connectivity index (χ1v) is 8.74. The normalized spacial score (nSPS) is 11.0. The van der Waals surface area contributed by atoms with Gasteiger partial charge >= 0.3 is 5.97 Å². The van der Waals surface area contributed by atoms with E-state index in [0.717, 1.165) is 0 Å². The van der Waals surface area contributed by atoms with E-state index in [0.29, 0.717) is 11.3 Å². The minimum Gasteiger partial charge on any atom is -0.496 e. The van der Waals surface area contributed by atoms with E-state index in [-0.39, 0.29) is 10.5 Å². The molecular weight excluding hydrogens is 346 g/mol. The van der Waals surface area contributed by atoms with Crippen molar-refractivity contribution >= 4 is 21.8 Å². The lowest BCUT2D eigenvalue weighted by Gasteiger charge is -2.08. The van der Waals surface area contributed by atoms with Crippen molar-refractivity contribution in [1.82, 2.24) is 4.72 Å². The van der Waals surface area contributed by atoms with Gasteiger partial charge in [0.1, 0.15) is 5.75 Å². The molecule has 0 heterocycles. The quantitative estimate of drug-likeness (QED) is 0.593. The molecule has 0 fully saturated rings. The van der Waals surface area contributed by atoms with Crippen molar-refractivity contribution in [1.29, 1.82) is 0 Å². The third-order valence-electron chi connectivity index (χ3n) is 3.41. The molecule has 2 aromatic rings. The van der Waals surface area contributed by atoms with Crippen molar-refractivity contribution in [3.8, 4) is 5.75 Å². The molecule has 8 heteroatoms. The van der Waals surface area contributed by atoms with Gasteiger partial charge in [0.2, 0.25) is 15.8 Å². The third-order valence-corrected chi connectivity index (χ3v) is 4.84. The lowest BCUT2D eigenvalue weighted by molar-refractivity contribution is 0.0474. The number of hydrogen-bond acceptors (Lipinski definition) is 6. The summed E-state index contributed by atoms with van der Waals surface area (Å²) in [5, 5.41) is 0. The van der Waals surface area contributed by atoms with Gasteiger partial charge in [0.15, 0.2) is 6.61 Å². The van der Waals surface area contributed by atoms with Crippen LogP contribution in [0, 0.1) is 0 Å². The maximum Gasteiger partial charge on any atom is 0.338 e. The molecule has 0 spiro atoms. The number of sulfonamides is 1. The van der Waals surface area contributed by atoms with Gasteiger partial charge < -0.3 is 9.47 Å². The van der Waals surface area contributed by atoms with Crippen molar-refractivity contribution in [2.24, 2.45) is 0 Å². The van der Waals surface area contributed by atoms with Crippen LogP contribution in [0.3, 0.4) is 0 Å². The largest absolute Gasteiger partial charge is 0.496 e. The van der Waals surface area contributed by atoms with Gasteiger partial charge in [-0.15, -0.1) is 0 Å². The highest BCUT2D eigenvalue weighted by Gasteiger charge is 2.16. The predicted octanol–water partition coefficient (Wildman–Crippen LogP) is 1.64. The smallest absolute Gasteiger partial charge is 0.338 e. The maximum absolute atomic E-state index is 12.1. The number of methoxy groups -OCH3 is 1. The number of rotatable bonds is 7. The fraction of sp³-hybridized carbons (Fsp3) is 0.176. The second-order valence-corrected chi connectivity index (χ2v) is 6.82. The predicted molar refractivity (Wildman–Crippen MR) is 90.3 cm³/mol. The summed E-state index contributed by atoms with van der Waals surface area (Å²) in [6, 6.07) is 11.8. The maximum atomic E-state index is 12.1. The number of carbonyl (C=O) groups excluding carboxylic acids is 2. The fourth-order valence-electron chi connectivity index (χ4n) is 2.06. The van der Waals surface area contributed by atoms with Gasteiger partial charge in [0, 0.05) is 0 Å². The number of ether oxygens (including phenoxy) is 2. The van der Waals surface area contributed by atoms with Crippen LogP contribution in [0.2, 0.25) is 0 Å². The Bertz CT molecular complexity index is 874. The molecule has 7 nitrogen and oxygen atoms in total. The number of benzene rings is 2. The minimum absolute atomic E-state index is 0.0247. The van der Waals surface area contributed by atoms with Crippen LogP contribution in [0.5, 0.6) is 5.75 Å². The van der Waals surface area contributed by atoms with E-state index in [9.17, 15) is 18.0 Å². The Morgan fingerprint density at radius 2 is 1.68 bits per heavy atom. The Morgan fingerprint density at radius 3 is 2.28 bits per heavy atom. The fourth-order valence-corrected chi connectivity index (χ4v) is 2.79. The molecule has 0 amide bonds. The molecule has 0 unspecified atom stereocenters. The van der Waals surface area contributed by atoms with Gasteiger partial charge in [-0.3, -0.25) is 4.79 Å². The molecule has 1 N–H and O–H groups in total. The molecule has 0 saturated heterocycles. The zero-order valence-electron chi connectivity index (χ0n) is 13.7. The average Bonchev–Trinajstić information content (AvgIpc) is 2.65. The first kappa shape index (κ1) is 18.6. The van der Waals surface area contributed by atoms with Crippen LogP contribution in [0.1, 0.15) is 20.7 Å². The number of esters is 1. The zero-order valence-corrected chi connectivity index (χ0v) is 14.5. The highest BCUT2D eigenvalue weighted by molar-refractivity contribution is 7.89. The van der Waals surface area contributed by atoms with Crippen LogP contribution in [0.25, 0.3) is 0 Å². The Morgan fingerprint density at radius 1 is 1.04 bits per heavy atom. The van der Waals surface area contributed by atoms with Crippen molar-refractivity contribution in [2.75, 3.05) is 20.8 Å². The topological polar surface area (TPSA) is 98.8 Å². The molecule has 2 rings (SSSR count). The highest BCUT2D eigenvalue weighted by Crippen LogP contribution is 2.18. The summed E-state index contributed by atoms with van der Waals surface area (Å²) < 4.78 is 35.5. The average molecular weight is 363 g/mol. The van der Waals surface area contributed by atoms with Crippen molar-refractivity contribution in [2.45, 2.75) is 4.90 Å². The number of nitrogens with one attached hydrogen (secondary N) is 1. The van der Waals surface area contributed by atoms with Gasteiger partial charge in [0.05, 0.1) is 23.1 Å². The van der Waals surface area contributed by atoms with E-state index in [1.807, 2.05) is 0 Å². The molecule has 132 valence electrons. The number of carbonyl (C=O) groups is 2. The van der Waals surface area contributed by atoms with Gasteiger partial charge in [-0.25, -0.2) is 17.9 Å². The van der Waals surface area contributed by atoms with Crippen LogP contribution < -0.4 is 9.46 Å². The summed E-state index contributed by atoms with van der Waals surface area (Å²) in [6.07, 6.45) is 0. The lowest BCUT2D eigenvalue weighted by atomic mass is 10.1. The van der Waals surface area contributed by atoms with E-state index < -0.39 is 28.4 Å². The molecule has 0 saturated carbocycles. The molecular formula is C17H17NO6S. The molecule has 0 aliphatic rings. The van der Waals surface area contributed by atoms with Crippen LogP contribution >= 0.6 is 0 Å². The number of para-hydroxylation sites is 1. The van der Waals surface area contributed by atoms with E-state index in [1.165, 1.54) is 38.4 Å². The molecule has 2 aromatic carbocycles. The SMILES string of the molecule is CNS(=O)(=O)c1ccc(C(=O)OCC(=O)c2ccccc2OC)cc1. The lowest BCUT2D eigenvalue weighted by Crippen LogP contribution is -2.19. The second kappa shape index (κ2) is 7.91. The van der Waals surface area contributed by atoms with Gasteiger partial charge in [-0.05, 0) is 43.4 Å². The summed E-state index contributed by atoms with van der Waals surface area (Å²) >= 11 is 0. The summed E-state index contributed by atoms with van der Waals surface area (Å²) in [5.74, 6) is -0.734. The summed E-state index contributed by atoms with van der Waals surface area (Å²) in [5.41, 5.74) is 0.455. The first-order chi connectivity index (χ1) is 11.9. The standard InChI is InChI=1S/C17H17NO6S/c1-18-25(21,22)13-9-7-12(8-10-13)17(20)24-11-15(19)14-5-3-4-6-16(14)23-2/h3-10,18H,11H2,1-2H3. The second-order valence-electron chi connectivity index (χ2n) is 4.93. The Balaban J connectivity index is 2.04. The van der Waals surface area contributed by atoms with Crippen LogP contribution in [0.4, 0.5) is 0 Å². The number of ketones is 1. The molecule has 0 radical (unpaired) electrons. The van der Waals surface area contributed by atoms with E-state index >= 15 is 0 Å². The summed E-state index contributed by atoms with van der Waals surface area (Å²) in [6.45, 7) is -0.449. The Labute approximate surface area is 145 Å². The van der Waals surface area contributed by atoms with Gasteiger partial charge in [-0.2, -0.15) is 0 Å². The summed E-state index contributed by atoms with van der Waals surface area (Å²) in [7, 11) is -0.844. The van der Waals surface area contributed by atoms with E-state index in [2.05, 4.69) is 4.72 Å². The van der Waals surface area contributed by atoms with E-state index in [1.54, 1.807) is 24.3 Å². The Hall–Kier alpha value is -2.71. The zero-order chi connectivity index (χ0) is 18.4. The third kappa shape index (κ3) is 4.43. The van der Waals surface area contributed by atoms with Gasteiger partial charge in [0.25, 0.3) is 0 Å².